The minimum Gasteiger partial charge on any atom is -0.390 e. The number of aliphatic hydroxyl groups is 1. The van der Waals surface area contributed by atoms with Gasteiger partial charge in [-0.05, 0) is 40.7 Å². The molecular formula is C15H26N2O3S. The molecule has 6 heteroatoms. The van der Waals surface area contributed by atoms with E-state index in [1.165, 1.54) is 10.4 Å². The van der Waals surface area contributed by atoms with Gasteiger partial charge < -0.3 is 9.67 Å². The summed E-state index contributed by atoms with van der Waals surface area (Å²) in [6.07, 6.45) is 3.17. The molecule has 0 atom stereocenters. The lowest BCUT2D eigenvalue weighted by molar-refractivity contribution is 0.268. The van der Waals surface area contributed by atoms with Gasteiger partial charge in [-0.1, -0.05) is 6.08 Å². The molecule has 0 aliphatic carbocycles. The van der Waals surface area contributed by atoms with Crippen LogP contribution in [0.25, 0.3) is 0 Å². The first-order valence-corrected chi connectivity index (χ1v) is 8.45. The Morgan fingerprint density at radius 2 is 2.00 bits per heavy atom. The van der Waals surface area contributed by atoms with Crippen molar-refractivity contribution in [3.05, 3.63) is 30.6 Å². The fraction of sp³-hybridized carbons (Fsp3) is 0.600. The van der Waals surface area contributed by atoms with Gasteiger partial charge in [-0.2, -0.15) is 4.31 Å². The second-order valence-electron chi connectivity index (χ2n) is 6.32. The molecule has 0 unspecified atom stereocenters. The molecule has 0 aromatic carbocycles. The molecule has 1 aromatic rings. The van der Waals surface area contributed by atoms with Crippen molar-refractivity contribution < 1.29 is 13.5 Å². The molecule has 0 fully saturated rings. The van der Waals surface area contributed by atoms with Crippen molar-refractivity contribution in [2.45, 2.75) is 57.7 Å². The number of hydrogen-bond donors (Lipinski definition) is 1. The highest BCUT2D eigenvalue weighted by Crippen LogP contribution is 2.27. The average molecular weight is 314 g/mol. The summed E-state index contributed by atoms with van der Waals surface area (Å²) < 4.78 is 28.9. The van der Waals surface area contributed by atoms with E-state index in [9.17, 15) is 13.5 Å². The molecule has 0 bridgehead atoms. The molecule has 0 aliphatic heterocycles. The zero-order chi connectivity index (χ0) is 16.4. The van der Waals surface area contributed by atoms with Gasteiger partial charge in [0, 0.05) is 30.0 Å². The Hall–Kier alpha value is -1.11. The molecule has 0 amide bonds. The lowest BCUT2D eigenvalue weighted by atomic mass is 10.1. The minimum absolute atomic E-state index is 0.0820. The molecule has 21 heavy (non-hydrogen) atoms. The van der Waals surface area contributed by atoms with Crippen molar-refractivity contribution >= 4 is 10.0 Å². The maximum atomic E-state index is 12.9. The zero-order valence-corrected chi connectivity index (χ0v) is 14.3. The second-order valence-corrected chi connectivity index (χ2v) is 8.18. The summed E-state index contributed by atoms with van der Waals surface area (Å²) in [5.41, 5.74) is 0.0443. The summed E-state index contributed by atoms with van der Waals surface area (Å²) in [5.74, 6) is 0. The maximum absolute atomic E-state index is 12.9. The van der Waals surface area contributed by atoms with Crippen molar-refractivity contribution in [3.8, 4) is 0 Å². The minimum atomic E-state index is -3.64. The van der Waals surface area contributed by atoms with Crippen molar-refractivity contribution in [1.82, 2.24) is 8.87 Å². The van der Waals surface area contributed by atoms with E-state index in [-0.39, 0.29) is 24.1 Å². The molecule has 0 spiro atoms. The maximum Gasteiger partial charge on any atom is 0.245 e. The van der Waals surface area contributed by atoms with Gasteiger partial charge in [-0.3, -0.25) is 0 Å². The van der Waals surface area contributed by atoms with E-state index >= 15 is 0 Å². The van der Waals surface area contributed by atoms with E-state index in [4.69, 9.17) is 0 Å². The Morgan fingerprint density at radius 1 is 1.43 bits per heavy atom. The molecule has 1 heterocycles. The molecule has 0 radical (unpaired) electrons. The first kappa shape index (κ1) is 17.9. The number of hydrogen-bond acceptors (Lipinski definition) is 3. The van der Waals surface area contributed by atoms with Crippen LogP contribution in [0.4, 0.5) is 0 Å². The van der Waals surface area contributed by atoms with Crippen LogP contribution in [0.5, 0.6) is 0 Å². The smallest absolute Gasteiger partial charge is 0.245 e. The van der Waals surface area contributed by atoms with Crippen molar-refractivity contribution in [3.63, 3.8) is 0 Å². The van der Waals surface area contributed by atoms with Crippen molar-refractivity contribution in [1.29, 1.82) is 0 Å². The largest absolute Gasteiger partial charge is 0.390 e. The highest BCUT2D eigenvalue weighted by molar-refractivity contribution is 7.89. The number of nitrogens with zero attached hydrogens (tertiary/aromatic N) is 2. The average Bonchev–Trinajstić information content (AvgIpc) is 2.79. The summed E-state index contributed by atoms with van der Waals surface area (Å²) in [6, 6.07) is 1.62. The summed E-state index contributed by atoms with van der Waals surface area (Å²) in [6.45, 7) is 13.1. The van der Waals surface area contributed by atoms with Crippen LogP contribution in [0, 0.1) is 0 Å². The first-order chi connectivity index (χ1) is 9.55. The third-order valence-corrected chi connectivity index (χ3v) is 5.35. The van der Waals surface area contributed by atoms with Gasteiger partial charge in [0.15, 0.2) is 0 Å². The van der Waals surface area contributed by atoms with Gasteiger partial charge in [0.2, 0.25) is 10.0 Å². The third-order valence-electron chi connectivity index (χ3n) is 3.26. The Bertz CT molecular complexity index is 595. The van der Waals surface area contributed by atoms with E-state index in [1.807, 2.05) is 34.6 Å². The number of aromatic nitrogens is 1. The molecule has 0 saturated carbocycles. The van der Waals surface area contributed by atoms with Gasteiger partial charge in [0.05, 0.1) is 6.61 Å². The fourth-order valence-corrected chi connectivity index (χ4v) is 4.03. The quantitative estimate of drug-likeness (QED) is 0.821. The van der Waals surface area contributed by atoms with Crippen LogP contribution in [0.3, 0.4) is 0 Å². The monoisotopic (exact) mass is 314 g/mol. The van der Waals surface area contributed by atoms with Crippen LogP contribution in [-0.2, 0) is 16.6 Å². The Labute approximate surface area is 127 Å². The lowest BCUT2D eigenvalue weighted by Crippen LogP contribution is -2.45. The van der Waals surface area contributed by atoms with Crippen LogP contribution in [-0.4, -0.2) is 34.5 Å². The third kappa shape index (κ3) is 3.75. The van der Waals surface area contributed by atoms with E-state index in [0.29, 0.717) is 5.69 Å². The van der Waals surface area contributed by atoms with Crippen molar-refractivity contribution in [2.75, 3.05) is 6.54 Å². The van der Waals surface area contributed by atoms with Crippen LogP contribution >= 0.6 is 0 Å². The molecule has 5 nitrogen and oxygen atoms in total. The predicted octanol–water partition coefficient (Wildman–Crippen LogP) is 2.54. The van der Waals surface area contributed by atoms with E-state index in [0.717, 1.165) is 0 Å². The predicted molar refractivity (Wildman–Crippen MR) is 84.6 cm³/mol. The highest BCUT2D eigenvalue weighted by Gasteiger charge is 2.34. The SMILES string of the molecule is C=CCN(C(C)(C)C)S(=O)(=O)c1cc(CO)n(C(C)C)c1. The van der Waals surface area contributed by atoms with E-state index in [1.54, 1.807) is 16.8 Å². The Morgan fingerprint density at radius 3 is 2.33 bits per heavy atom. The molecule has 0 saturated heterocycles. The topological polar surface area (TPSA) is 62.5 Å². The molecular weight excluding hydrogens is 288 g/mol. The van der Waals surface area contributed by atoms with E-state index in [2.05, 4.69) is 6.58 Å². The van der Waals surface area contributed by atoms with Crippen LogP contribution < -0.4 is 0 Å². The van der Waals surface area contributed by atoms with Gasteiger partial charge >= 0.3 is 0 Å². The number of rotatable bonds is 6. The van der Waals surface area contributed by atoms with Gasteiger partial charge in [-0.15, -0.1) is 6.58 Å². The first-order valence-electron chi connectivity index (χ1n) is 7.01. The molecule has 1 N–H and O–H groups in total. The highest BCUT2D eigenvalue weighted by atomic mass is 32.2. The summed E-state index contributed by atoms with van der Waals surface area (Å²) in [5, 5.41) is 9.40. The van der Waals surface area contributed by atoms with Crippen molar-refractivity contribution in [2.24, 2.45) is 0 Å². The summed E-state index contributed by atoms with van der Waals surface area (Å²) in [7, 11) is -3.64. The lowest BCUT2D eigenvalue weighted by Gasteiger charge is -2.33. The molecule has 0 aliphatic rings. The molecule has 1 aromatic heterocycles. The zero-order valence-electron chi connectivity index (χ0n) is 13.5. The van der Waals surface area contributed by atoms with Crippen LogP contribution in [0.15, 0.2) is 29.8 Å². The van der Waals surface area contributed by atoms with Gasteiger partial charge in [-0.25, -0.2) is 8.42 Å². The summed E-state index contributed by atoms with van der Waals surface area (Å²) in [4.78, 5) is 0.206. The van der Waals surface area contributed by atoms with E-state index < -0.39 is 15.6 Å². The number of aliphatic hydroxyl groups excluding tert-OH is 1. The molecule has 1 rings (SSSR count). The standard InChI is InChI=1S/C15H26N2O3S/c1-7-8-17(15(4,5)6)21(19,20)14-9-13(11-18)16(10-14)12(2)3/h7,9-10,12,18H,1,8,11H2,2-6H3. The van der Waals surface area contributed by atoms with Crippen LogP contribution in [0.2, 0.25) is 0 Å². The van der Waals surface area contributed by atoms with Gasteiger partial charge in [0.1, 0.15) is 4.90 Å². The number of sulfonamides is 1. The van der Waals surface area contributed by atoms with Crippen LogP contribution in [0.1, 0.15) is 46.4 Å². The Balaban J connectivity index is 3.38. The Kier molecular flexibility index (Phi) is 5.41. The summed E-state index contributed by atoms with van der Waals surface area (Å²) >= 11 is 0. The fourth-order valence-electron chi connectivity index (χ4n) is 2.22. The second kappa shape index (κ2) is 6.34. The molecule has 120 valence electrons. The normalized spacial score (nSPS) is 13.1. The van der Waals surface area contributed by atoms with Gasteiger partial charge in [0.25, 0.3) is 0 Å².